The Morgan fingerprint density at radius 3 is 2.61 bits per heavy atom. The van der Waals surface area contributed by atoms with Crippen LogP contribution < -0.4 is 4.90 Å². The first-order valence-electron chi connectivity index (χ1n) is 6.15. The number of carbonyl (C=O) groups excluding carboxylic acids is 1. The van der Waals surface area contributed by atoms with Gasteiger partial charge < -0.3 is 9.64 Å². The van der Waals surface area contributed by atoms with Crippen molar-refractivity contribution in [3.05, 3.63) is 17.5 Å². The van der Waals surface area contributed by atoms with Gasteiger partial charge in [0.15, 0.2) is 0 Å². The van der Waals surface area contributed by atoms with Crippen molar-refractivity contribution in [1.29, 1.82) is 0 Å². The standard InChI is InChI=1S/C13H21N3O2/c1-6-16(8-12(17)18-5)13-14-10(4)7-11(15-13)9(2)3/h7,9H,6,8H2,1-5H3. The molecule has 0 atom stereocenters. The smallest absolute Gasteiger partial charge is 0.325 e. The summed E-state index contributed by atoms with van der Waals surface area (Å²) in [6, 6.07) is 1.97. The first-order valence-corrected chi connectivity index (χ1v) is 6.15. The Kier molecular flexibility index (Phi) is 5.07. The molecular formula is C13H21N3O2. The average Bonchev–Trinajstić information content (AvgIpc) is 2.34. The van der Waals surface area contributed by atoms with Gasteiger partial charge >= 0.3 is 5.97 Å². The summed E-state index contributed by atoms with van der Waals surface area (Å²) in [5.41, 5.74) is 1.90. The average molecular weight is 251 g/mol. The molecule has 0 spiro atoms. The van der Waals surface area contributed by atoms with E-state index in [-0.39, 0.29) is 12.5 Å². The molecule has 0 unspecified atom stereocenters. The van der Waals surface area contributed by atoms with Crippen molar-refractivity contribution >= 4 is 11.9 Å². The lowest BCUT2D eigenvalue weighted by Crippen LogP contribution is -2.32. The number of hydrogen-bond acceptors (Lipinski definition) is 5. The van der Waals surface area contributed by atoms with E-state index in [1.165, 1.54) is 7.11 Å². The molecule has 1 aromatic heterocycles. The molecule has 0 saturated carbocycles. The number of aryl methyl sites for hydroxylation is 1. The third-order valence-corrected chi connectivity index (χ3v) is 2.67. The van der Waals surface area contributed by atoms with Crippen LogP contribution in [-0.4, -0.2) is 36.1 Å². The Labute approximate surface area is 108 Å². The summed E-state index contributed by atoms with van der Waals surface area (Å²) in [7, 11) is 1.38. The summed E-state index contributed by atoms with van der Waals surface area (Å²) < 4.78 is 4.68. The molecule has 0 aromatic carbocycles. The Morgan fingerprint density at radius 1 is 1.44 bits per heavy atom. The van der Waals surface area contributed by atoms with Crippen LogP contribution >= 0.6 is 0 Å². The van der Waals surface area contributed by atoms with Gasteiger partial charge in [0, 0.05) is 17.9 Å². The molecular weight excluding hydrogens is 230 g/mol. The van der Waals surface area contributed by atoms with Crippen molar-refractivity contribution in [3.8, 4) is 0 Å². The molecule has 1 aromatic rings. The van der Waals surface area contributed by atoms with Crippen LogP contribution in [0.5, 0.6) is 0 Å². The quantitative estimate of drug-likeness (QED) is 0.748. The zero-order valence-corrected chi connectivity index (χ0v) is 11.7. The fraction of sp³-hybridized carbons (Fsp3) is 0.615. The van der Waals surface area contributed by atoms with Gasteiger partial charge in [0.1, 0.15) is 6.54 Å². The highest BCUT2D eigenvalue weighted by atomic mass is 16.5. The highest BCUT2D eigenvalue weighted by Gasteiger charge is 2.14. The SMILES string of the molecule is CCN(CC(=O)OC)c1nc(C)cc(C(C)C)n1. The lowest BCUT2D eigenvalue weighted by Gasteiger charge is -2.20. The van der Waals surface area contributed by atoms with Crippen LogP contribution in [0.15, 0.2) is 6.07 Å². The predicted octanol–water partition coefficient (Wildman–Crippen LogP) is 1.91. The molecule has 0 N–H and O–H groups in total. The van der Waals surface area contributed by atoms with Crippen LogP contribution in [0.1, 0.15) is 38.1 Å². The first-order chi connectivity index (χ1) is 8.47. The third-order valence-electron chi connectivity index (χ3n) is 2.67. The first kappa shape index (κ1) is 14.4. The second kappa shape index (κ2) is 6.33. The van der Waals surface area contributed by atoms with E-state index in [1.807, 2.05) is 24.8 Å². The van der Waals surface area contributed by atoms with E-state index in [9.17, 15) is 4.79 Å². The summed E-state index contributed by atoms with van der Waals surface area (Å²) in [6.07, 6.45) is 0. The molecule has 0 amide bonds. The molecule has 0 aliphatic carbocycles. The fourth-order valence-corrected chi connectivity index (χ4v) is 1.56. The number of aromatic nitrogens is 2. The van der Waals surface area contributed by atoms with E-state index >= 15 is 0 Å². The molecule has 0 radical (unpaired) electrons. The van der Waals surface area contributed by atoms with E-state index in [1.54, 1.807) is 0 Å². The van der Waals surface area contributed by atoms with Gasteiger partial charge in [0.2, 0.25) is 5.95 Å². The van der Waals surface area contributed by atoms with Crippen LogP contribution in [0.4, 0.5) is 5.95 Å². The van der Waals surface area contributed by atoms with Crippen molar-refractivity contribution in [2.24, 2.45) is 0 Å². The minimum atomic E-state index is -0.284. The number of methoxy groups -OCH3 is 1. The molecule has 0 saturated heterocycles. The highest BCUT2D eigenvalue weighted by Crippen LogP contribution is 2.16. The number of carbonyl (C=O) groups is 1. The van der Waals surface area contributed by atoms with Gasteiger partial charge in [-0.15, -0.1) is 0 Å². The minimum Gasteiger partial charge on any atom is -0.468 e. The van der Waals surface area contributed by atoms with Gasteiger partial charge in [-0.05, 0) is 25.8 Å². The van der Waals surface area contributed by atoms with Gasteiger partial charge in [0.25, 0.3) is 0 Å². The van der Waals surface area contributed by atoms with Crippen LogP contribution in [0.3, 0.4) is 0 Å². The van der Waals surface area contributed by atoms with Gasteiger partial charge in [-0.1, -0.05) is 13.8 Å². The number of nitrogens with zero attached hydrogens (tertiary/aromatic N) is 3. The number of rotatable bonds is 5. The van der Waals surface area contributed by atoms with Crippen molar-refractivity contribution in [3.63, 3.8) is 0 Å². The van der Waals surface area contributed by atoms with Crippen molar-refractivity contribution in [1.82, 2.24) is 9.97 Å². The maximum absolute atomic E-state index is 11.3. The van der Waals surface area contributed by atoms with E-state index in [0.29, 0.717) is 18.4 Å². The Hall–Kier alpha value is -1.65. The topological polar surface area (TPSA) is 55.3 Å². The maximum atomic E-state index is 11.3. The summed E-state index contributed by atoms with van der Waals surface area (Å²) in [4.78, 5) is 22.0. The van der Waals surface area contributed by atoms with Gasteiger partial charge in [-0.25, -0.2) is 9.97 Å². The molecule has 0 fully saturated rings. The maximum Gasteiger partial charge on any atom is 0.325 e. The monoisotopic (exact) mass is 251 g/mol. The van der Waals surface area contributed by atoms with Gasteiger partial charge in [0.05, 0.1) is 7.11 Å². The number of ether oxygens (including phenoxy) is 1. The number of anilines is 1. The minimum absolute atomic E-state index is 0.175. The Balaban J connectivity index is 3.01. The van der Waals surface area contributed by atoms with Crippen molar-refractivity contribution in [2.45, 2.75) is 33.6 Å². The van der Waals surface area contributed by atoms with Crippen LogP contribution in [0.2, 0.25) is 0 Å². The molecule has 1 rings (SSSR count). The molecule has 0 aliphatic rings. The van der Waals surface area contributed by atoms with Gasteiger partial charge in [-0.2, -0.15) is 0 Å². The summed E-state index contributed by atoms with van der Waals surface area (Å²) in [5.74, 6) is 0.641. The number of hydrogen-bond donors (Lipinski definition) is 0. The highest BCUT2D eigenvalue weighted by molar-refractivity contribution is 5.74. The van der Waals surface area contributed by atoms with Crippen molar-refractivity contribution in [2.75, 3.05) is 25.1 Å². The summed E-state index contributed by atoms with van der Waals surface area (Å²) in [5, 5.41) is 0. The van der Waals surface area contributed by atoms with E-state index < -0.39 is 0 Å². The molecule has 1 heterocycles. The molecule has 5 heteroatoms. The molecule has 0 bridgehead atoms. The fourth-order valence-electron chi connectivity index (χ4n) is 1.56. The molecule has 18 heavy (non-hydrogen) atoms. The molecule has 5 nitrogen and oxygen atoms in total. The zero-order valence-electron chi connectivity index (χ0n) is 11.7. The second-order valence-corrected chi connectivity index (χ2v) is 4.48. The third kappa shape index (κ3) is 3.68. The van der Waals surface area contributed by atoms with E-state index in [2.05, 4.69) is 28.6 Å². The molecule has 0 aliphatic heterocycles. The van der Waals surface area contributed by atoms with Gasteiger partial charge in [-0.3, -0.25) is 4.79 Å². The molecule has 100 valence electrons. The summed E-state index contributed by atoms with van der Waals surface area (Å²) >= 11 is 0. The Bertz CT molecular complexity index is 419. The van der Waals surface area contributed by atoms with Crippen molar-refractivity contribution < 1.29 is 9.53 Å². The van der Waals surface area contributed by atoms with E-state index in [4.69, 9.17) is 0 Å². The van der Waals surface area contributed by atoms with Crippen LogP contribution in [-0.2, 0) is 9.53 Å². The second-order valence-electron chi connectivity index (χ2n) is 4.48. The predicted molar refractivity (Wildman–Crippen MR) is 70.8 cm³/mol. The lowest BCUT2D eigenvalue weighted by atomic mass is 10.1. The Morgan fingerprint density at radius 2 is 2.11 bits per heavy atom. The lowest BCUT2D eigenvalue weighted by molar-refractivity contribution is -0.138. The normalized spacial score (nSPS) is 10.6. The number of likely N-dealkylation sites (N-methyl/N-ethyl adjacent to an activating group) is 1. The largest absolute Gasteiger partial charge is 0.468 e. The zero-order chi connectivity index (χ0) is 13.7. The van der Waals surface area contributed by atoms with Crippen LogP contribution in [0.25, 0.3) is 0 Å². The summed E-state index contributed by atoms with van der Waals surface area (Å²) in [6.45, 7) is 8.90. The van der Waals surface area contributed by atoms with Crippen LogP contribution in [0, 0.1) is 6.92 Å². The van der Waals surface area contributed by atoms with E-state index in [0.717, 1.165) is 11.4 Å². The number of esters is 1.